The molecular formula is C5H6NS. The van der Waals surface area contributed by atoms with Gasteiger partial charge in [-0.05, 0) is 0 Å². The highest BCUT2D eigenvalue weighted by molar-refractivity contribution is 8.12. The molecule has 1 radical (unpaired) electrons. The Hall–Kier alpha value is -0.240. The van der Waals surface area contributed by atoms with Crippen molar-refractivity contribution in [3.8, 4) is 0 Å². The smallest absolute Gasteiger partial charge is 0.0783 e. The summed E-state index contributed by atoms with van der Waals surface area (Å²) in [6.07, 6.45) is 1.62. The molecule has 2 heteroatoms. The van der Waals surface area contributed by atoms with Crippen molar-refractivity contribution in [2.24, 2.45) is 4.99 Å². The molecule has 1 unspecified atom stereocenters. The molecule has 1 rings (SSSR count). The van der Waals surface area contributed by atoms with Gasteiger partial charge in [0.15, 0.2) is 0 Å². The van der Waals surface area contributed by atoms with E-state index in [2.05, 4.69) is 4.99 Å². The Bertz CT molecular complexity index is 98.3. The second-order valence-electron chi connectivity index (χ2n) is 1.35. The summed E-state index contributed by atoms with van der Waals surface area (Å²) in [5.74, 6) is 1.02. The minimum atomic E-state index is 0.282. The molecule has 0 aromatic rings. The molecule has 7 heavy (non-hydrogen) atoms. The second-order valence-corrected chi connectivity index (χ2v) is 2.23. The zero-order chi connectivity index (χ0) is 5.11. The van der Waals surface area contributed by atoms with Crippen LogP contribution in [0.4, 0.5) is 0 Å². The highest BCUT2D eigenvalue weighted by atomic mass is 32.2. The van der Waals surface area contributed by atoms with Gasteiger partial charge in [-0.15, -0.1) is 11.8 Å². The Labute approximate surface area is 47.5 Å². The molecule has 0 N–H and O–H groups in total. The summed E-state index contributed by atoms with van der Waals surface area (Å²) in [6, 6.07) is 0.282. The standard InChI is InChI=1S/C5H6NS/c1-2-5-3-7-4-6-5/h1-2,4-5H,3H2. The number of nitrogens with zero attached hydrogens (tertiary/aromatic N) is 1. The van der Waals surface area contributed by atoms with Gasteiger partial charge in [0.1, 0.15) is 0 Å². The van der Waals surface area contributed by atoms with E-state index in [1.54, 1.807) is 17.8 Å². The summed E-state index contributed by atoms with van der Waals surface area (Å²) in [5.41, 5.74) is 1.84. The van der Waals surface area contributed by atoms with Crippen LogP contribution in [-0.4, -0.2) is 17.3 Å². The van der Waals surface area contributed by atoms with Crippen molar-refractivity contribution < 1.29 is 0 Å². The average molecular weight is 112 g/mol. The van der Waals surface area contributed by atoms with Crippen LogP contribution in [0.3, 0.4) is 0 Å². The summed E-state index contributed by atoms with van der Waals surface area (Å²) in [4.78, 5) is 4.01. The Balaban J connectivity index is 2.42. The molecular weight excluding hydrogens is 106 g/mol. The van der Waals surface area contributed by atoms with Crippen LogP contribution in [0.2, 0.25) is 0 Å². The lowest BCUT2D eigenvalue weighted by Crippen LogP contribution is -1.95. The van der Waals surface area contributed by atoms with Crippen molar-refractivity contribution >= 4 is 17.3 Å². The Morgan fingerprint density at radius 1 is 2.00 bits per heavy atom. The highest BCUT2D eigenvalue weighted by Crippen LogP contribution is 2.10. The fraction of sp³-hybridized carbons (Fsp3) is 0.400. The number of rotatable bonds is 1. The van der Waals surface area contributed by atoms with Crippen LogP contribution in [0, 0.1) is 6.58 Å². The van der Waals surface area contributed by atoms with Crippen molar-refractivity contribution in [3.63, 3.8) is 0 Å². The summed E-state index contributed by atoms with van der Waals surface area (Å²) < 4.78 is 0. The largest absolute Gasteiger partial charge is 0.278 e. The molecule has 0 aromatic carbocycles. The van der Waals surface area contributed by atoms with Gasteiger partial charge < -0.3 is 0 Å². The maximum atomic E-state index is 5.18. The van der Waals surface area contributed by atoms with Crippen LogP contribution in [-0.2, 0) is 0 Å². The van der Waals surface area contributed by atoms with Crippen molar-refractivity contribution in [2.45, 2.75) is 6.04 Å². The van der Waals surface area contributed by atoms with Gasteiger partial charge in [0.25, 0.3) is 0 Å². The van der Waals surface area contributed by atoms with Gasteiger partial charge in [-0.3, -0.25) is 4.99 Å². The van der Waals surface area contributed by atoms with E-state index in [0.717, 1.165) is 5.75 Å². The van der Waals surface area contributed by atoms with E-state index in [9.17, 15) is 0 Å². The second kappa shape index (κ2) is 2.17. The Kier molecular flexibility index (Phi) is 1.52. The van der Waals surface area contributed by atoms with E-state index < -0.39 is 0 Å². The monoisotopic (exact) mass is 112 g/mol. The van der Waals surface area contributed by atoms with Crippen LogP contribution in [0.1, 0.15) is 0 Å². The molecule has 0 aromatic heterocycles. The van der Waals surface area contributed by atoms with E-state index in [1.807, 2.05) is 5.55 Å². The molecule has 37 valence electrons. The first-order valence-electron chi connectivity index (χ1n) is 2.12. The fourth-order valence-electron chi connectivity index (χ4n) is 0.411. The minimum Gasteiger partial charge on any atom is -0.278 e. The first kappa shape index (κ1) is 4.91. The normalized spacial score (nSPS) is 28.3. The van der Waals surface area contributed by atoms with E-state index in [4.69, 9.17) is 6.58 Å². The number of aliphatic imine (C=N–C) groups is 1. The van der Waals surface area contributed by atoms with E-state index >= 15 is 0 Å². The summed E-state index contributed by atoms with van der Waals surface area (Å²) in [6.45, 7) is 5.18. The number of thioether (sulfide) groups is 1. The van der Waals surface area contributed by atoms with Crippen molar-refractivity contribution in [2.75, 3.05) is 5.75 Å². The van der Waals surface area contributed by atoms with E-state index in [0.29, 0.717) is 0 Å². The first-order chi connectivity index (χ1) is 3.43. The quantitative estimate of drug-likeness (QED) is 0.495. The van der Waals surface area contributed by atoms with Crippen LogP contribution < -0.4 is 0 Å². The molecule has 0 amide bonds. The Morgan fingerprint density at radius 2 is 2.86 bits per heavy atom. The minimum absolute atomic E-state index is 0.282. The summed E-state index contributed by atoms with van der Waals surface area (Å²) >= 11 is 1.70. The van der Waals surface area contributed by atoms with Crippen LogP contribution in [0.15, 0.2) is 11.1 Å². The third-order valence-electron chi connectivity index (χ3n) is 0.816. The average Bonchev–Trinajstić information content (AvgIpc) is 2.14. The maximum Gasteiger partial charge on any atom is 0.0783 e. The van der Waals surface area contributed by atoms with Crippen LogP contribution >= 0.6 is 11.8 Å². The molecule has 0 fully saturated rings. The summed E-state index contributed by atoms with van der Waals surface area (Å²) in [5, 5.41) is 0. The van der Waals surface area contributed by atoms with Gasteiger partial charge in [-0.2, -0.15) is 0 Å². The third kappa shape index (κ3) is 1.06. The highest BCUT2D eigenvalue weighted by Gasteiger charge is 2.03. The molecule has 0 bridgehead atoms. The lowest BCUT2D eigenvalue weighted by Gasteiger charge is -1.90. The molecule has 1 aliphatic rings. The Morgan fingerprint density at radius 3 is 3.14 bits per heavy atom. The molecule has 1 atom stereocenters. The van der Waals surface area contributed by atoms with E-state index in [1.165, 1.54) is 0 Å². The predicted octanol–water partition coefficient (Wildman–Crippen LogP) is 1.12. The zero-order valence-electron chi connectivity index (χ0n) is 3.87. The molecule has 1 aliphatic heterocycles. The lowest BCUT2D eigenvalue weighted by atomic mass is 10.4. The van der Waals surface area contributed by atoms with Crippen molar-refractivity contribution in [3.05, 3.63) is 12.7 Å². The van der Waals surface area contributed by atoms with Gasteiger partial charge in [-0.25, -0.2) is 0 Å². The molecule has 0 spiro atoms. The van der Waals surface area contributed by atoms with Gasteiger partial charge >= 0.3 is 0 Å². The molecule has 1 nitrogen and oxygen atoms in total. The molecule has 1 heterocycles. The lowest BCUT2D eigenvalue weighted by molar-refractivity contribution is 0.965. The topological polar surface area (TPSA) is 12.4 Å². The van der Waals surface area contributed by atoms with Crippen molar-refractivity contribution in [1.29, 1.82) is 0 Å². The zero-order valence-corrected chi connectivity index (χ0v) is 4.69. The van der Waals surface area contributed by atoms with Gasteiger partial charge in [0.2, 0.25) is 0 Å². The van der Waals surface area contributed by atoms with Gasteiger partial charge in [0.05, 0.1) is 11.6 Å². The SMILES string of the molecule is [CH]=CC1CSC=N1. The predicted molar refractivity (Wildman–Crippen MR) is 33.6 cm³/mol. The number of hydrogen-bond donors (Lipinski definition) is 0. The van der Waals surface area contributed by atoms with Crippen molar-refractivity contribution in [1.82, 2.24) is 0 Å². The van der Waals surface area contributed by atoms with Crippen LogP contribution in [0.5, 0.6) is 0 Å². The first-order valence-corrected chi connectivity index (χ1v) is 3.16. The van der Waals surface area contributed by atoms with E-state index in [-0.39, 0.29) is 6.04 Å². The molecule has 0 saturated carbocycles. The van der Waals surface area contributed by atoms with Gasteiger partial charge in [0, 0.05) is 5.75 Å². The maximum absolute atomic E-state index is 5.18. The van der Waals surface area contributed by atoms with Gasteiger partial charge in [-0.1, -0.05) is 12.7 Å². The summed E-state index contributed by atoms with van der Waals surface area (Å²) in [7, 11) is 0. The fourth-order valence-corrected chi connectivity index (χ4v) is 1.13. The third-order valence-corrected chi connectivity index (χ3v) is 1.62. The number of hydrogen-bond acceptors (Lipinski definition) is 2. The molecule has 0 aliphatic carbocycles. The van der Waals surface area contributed by atoms with Crippen LogP contribution in [0.25, 0.3) is 0 Å². The molecule has 0 saturated heterocycles.